The van der Waals surface area contributed by atoms with Crippen molar-refractivity contribution in [3.8, 4) is 0 Å². The lowest BCUT2D eigenvalue weighted by Gasteiger charge is -2.38. The van der Waals surface area contributed by atoms with Crippen molar-refractivity contribution in [2.75, 3.05) is 6.54 Å². The zero-order valence-electron chi connectivity index (χ0n) is 33.0. The molecule has 4 N–H and O–H groups in total. The molecule has 0 aromatic carbocycles. The number of carbonyl (C=O) groups is 6. The Morgan fingerprint density at radius 2 is 1.48 bits per heavy atom. The molecular formula is C41H63N7O6. The molecule has 13 heteroatoms. The van der Waals surface area contributed by atoms with Gasteiger partial charge in [0.1, 0.15) is 23.8 Å². The summed E-state index contributed by atoms with van der Waals surface area (Å²) in [5.41, 5.74) is -0.645. The highest BCUT2D eigenvalue weighted by Crippen LogP contribution is 2.43. The van der Waals surface area contributed by atoms with Gasteiger partial charge in [0.05, 0.1) is 12.2 Å². The van der Waals surface area contributed by atoms with Gasteiger partial charge in [-0.3, -0.25) is 33.8 Å². The molecule has 5 rings (SSSR count). The Morgan fingerprint density at radius 1 is 0.815 bits per heavy atom. The van der Waals surface area contributed by atoms with Crippen LogP contribution in [0, 0.1) is 29.1 Å². The van der Waals surface area contributed by atoms with Crippen molar-refractivity contribution in [2.45, 2.75) is 161 Å². The molecular weight excluding hydrogens is 686 g/mol. The Morgan fingerprint density at radius 3 is 2.09 bits per heavy atom. The maximum atomic E-state index is 14.7. The average molecular weight is 750 g/mol. The van der Waals surface area contributed by atoms with Gasteiger partial charge in [0.2, 0.25) is 23.5 Å². The number of fused-ring (bicyclic) bond motifs is 1. The van der Waals surface area contributed by atoms with E-state index in [9.17, 15) is 28.8 Å². The molecule has 4 fully saturated rings. The molecule has 0 spiro atoms. The predicted octanol–water partition coefficient (Wildman–Crippen LogP) is 4.25. The second-order valence-electron chi connectivity index (χ2n) is 17.4. The zero-order chi connectivity index (χ0) is 39.0. The number of nitrogens with one attached hydrogen (secondary N) is 4. The minimum Gasteiger partial charge on any atom is -0.347 e. The fourth-order valence-electron chi connectivity index (χ4n) is 9.41. The Balaban J connectivity index is 1.33. The molecule has 0 unspecified atom stereocenters. The van der Waals surface area contributed by atoms with E-state index in [1.807, 2.05) is 34.6 Å². The molecule has 2 heterocycles. The van der Waals surface area contributed by atoms with Gasteiger partial charge in [-0.05, 0) is 81.0 Å². The van der Waals surface area contributed by atoms with Gasteiger partial charge in [-0.25, -0.2) is 4.98 Å². The monoisotopic (exact) mass is 749 g/mol. The van der Waals surface area contributed by atoms with Gasteiger partial charge in [0.15, 0.2) is 0 Å². The highest BCUT2D eigenvalue weighted by atomic mass is 16.2. The van der Waals surface area contributed by atoms with E-state index in [0.717, 1.165) is 77.0 Å². The maximum Gasteiger partial charge on any atom is 0.289 e. The van der Waals surface area contributed by atoms with Gasteiger partial charge in [0, 0.05) is 25.0 Å². The molecule has 1 saturated heterocycles. The maximum absolute atomic E-state index is 14.7. The summed E-state index contributed by atoms with van der Waals surface area (Å²) in [5.74, 6) is -2.88. The minimum absolute atomic E-state index is 0.0935. The quantitative estimate of drug-likeness (QED) is 0.204. The largest absolute Gasteiger partial charge is 0.347 e. The van der Waals surface area contributed by atoms with Crippen molar-refractivity contribution in [1.82, 2.24) is 36.1 Å². The van der Waals surface area contributed by atoms with E-state index in [0.29, 0.717) is 25.3 Å². The Kier molecular flexibility index (Phi) is 14.2. The fourth-order valence-corrected chi connectivity index (χ4v) is 9.41. The number of likely N-dealkylation sites (tertiary alicyclic amines) is 1. The lowest BCUT2D eigenvalue weighted by molar-refractivity contribution is -0.146. The van der Waals surface area contributed by atoms with E-state index in [4.69, 9.17) is 0 Å². The van der Waals surface area contributed by atoms with Gasteiger partial charge >= 0.3 is 0 Å². The summed E-state index contributed by atoms with van der Waals surface area (Å²) in [4.78, 5) is 93.1. The van der Waals surface area contributed by atoms with Gasteiger partial charge in [-0.2, -0.15) is 0 Å². The second kappa shape index (κ2) is 18.6. The number of amides is 5. The van der Waals surface area contributed by atoms with E-state index in [2.05, 4.69) is 31.2 Å². The van der Waals surface area contributed by atoms with Crippen molar-refractivity contribution < 1.29 is 28.8 Å². The van der Waals surface area contributed by atoms with E-state index in [-0.39, 0.29) is 35.4 Å². The number of Topliss-reactive ketones (excluding diaryl/α,β-unsaturated/α-hetero) is 1. The molecule has 4 aliphatic rings. The second-order valence-corrected chi connectivity index (χ2v) is 17.4. The van der Waals surface area contributed by atoms with Crippen molar-refractivity contribution in [1.29, 1.82) is 0 Å². The number of aromatic nitrogens is 2. The Labute approximate surface area is 320 Å². The smallest absolute Gasteiger partial charge is 0.289 e. The first-order valence-corrected chi connectivity index (χ1v) is 20.6. The van der Waals surface area contributed by atoms with Crippen LogP contribution in [0.2, 0.25) is 0 Å². The van der Waals surface area contributed by atoms with Crippen LogP contribution in [-0.4, -0.2) is 86.9 Å². The molecule has 0 radical (unpaired) electrons. The number of rotatable bonds is 14. The van der Waals surface area contributed by atoms with Crippen LogP contribution in [0.4, 0.5) is 0 Å². The number of ketones is 1. The molecule has 1 aromatic heterocycles. The van der Waals surface area contributed by atoms with Crippen LogP contribution in [0.5, 0.6) is 0 Å². The molecule has 0 bridgehead atoms. The summed E-state index contributed by atoms with van der Waals surface area (Å²) in [6, 6.07) is -3.87. The minimum atomic E-state index is -1.01. The van der Waals surface area contributed by atoms with Crippen LogP contribution in [0.1, 0.15) is 141 Å². The number of carbonyl (C=O) groups excluding carboxylic acids is 6. The molecule has 1 aliphatic heterocycles. The van der Waals surface area contributed by atoms with Crippen LogP contribution >= 0.6 is 0 Å². The standard InChI is InChI=1S/C41H63N7O6/c1-6-14-30(34(49)39(53)44-25(2)26-15-9-7-10-16-26)45-38(52)33-29-20-13-19-28(29)24-48(33)40(54)35(41(3,4)5)47-37(51)32(27-17-11-8-12-18-27)46-36(50)31-23-42-21-22-43-31/h21-23,25-30,32-33,35H,6-20,24H2,1-5H3,(H,44,53)(H,45,52)(H,46,50)(H,47,51)/t25-,28-,29-,30-,32-,33-,35+/m0/s1. The molecule has 3 aliphatic carbocycles. The highest BCUT2D eigenvalue weighted by molar-refractivity contribution is 6.38. The van der Waals surface area contributed by atoms with E-state index in [1.165, 1.54) is 25.0 Å². The zero-order valence-corrected chi connectivity index (χ0v) is 33.0. The first-order valence-electron chi connectivity index (χ1n) is 20.6. The molecule has 298 valence electrons. The van der Waals surface area contributed by atoms with Crippen molar-refractivity contribution in [3.63, 3.8) is 0 Å². The van der Waals surface area contributed by atoms with Gasteiger partial charge in [-0.15, -0.1) is 0 Å². The topological polar surface area (TPSA) is 180 Å². The lowest BCUT2D eigenvalue weighted by Crippen LogP contribution is -2.62. The summed E-state index contributed by atoms with van der Waals surface area (Å²) in [7, 11) is 0. The first-order chi connectivity index (χ1) is 25.8. The summed E-state index contributed by atoms with van der Waals surface area (Å²) >= 11 is 0. The first kappa shape index (κ1) is 41.3. The Bertz CT molecular complexity index is 1490. The summed E-state index contributed by atoms with van der Waals surface area (Å²) in [5, 5.41) is 11.8. The van der Waals surface area contributed by atoms with Crippen LogP contribution in [-0.2, 0) is 24.0 Å². The van der Waals surface area contributed by atoms with Crippen molar-refractivity contribution in [3.05, 3.63) is 24.3 Å². The summed E-state index contributed by atoms with van der Waals surface area (Å²) < 4.78 is 0. The van der Waals surface area contributed by atoms with Crippen LogP contribution in [0.15, 0.2) is 18.6 Å². The molecule has 1 aromatic rings. The van der Waals surface area contributed by atoms with E-state index >= 15 is 0 Å². The molecule has 54 heavy (non-hydrogen) atoms. The molecule has 3 saturated carbocycles. The fraction of sp³-hybridized carbons (Fsp3) is 0.756. The molecule has 7 atom stereocenters. The Hall–Kier alpha value is -3.90. The SMILES string of the molecule is CCC[C@H](NC(=O)[C@@H]1[C@H]2CCC[C@H]2CN1C(=O)[C@@H](NC(=O)[C@@H](NC(=O)c1cnccn1)C1CCCCC1)C(C)(C)C)C(=O)C(=O)N[C@@H](C)C1CCCCC1. The van der Waals surface area contributed by atoms with E-state index < -0.39 is 59.0 Å². The number of hydrogen-bond donors (Lipinski definition) is 4. The van der Waals surface area contributed by atoms with Gasteiger partial charge in [-0.1, -0.05) is 79.1 Å². The normalized spacial score (nSPS) is 24.4. The third kappa shape index (κ3) is 10.0. The van der Waals surface area contributed by atoms with Crippen LogP contribution < -0.4 is 21.3 Å². The predicted molar refractivity (Wildman–Crippen MR) is 204 cm³/mol. The third-order valence-electron chi connectivity index (χ3n) is 12.5. The summed E-state index contributed by atoms with van der Waals surface area (Å²) in [6.07, 6.45) is 17.6. The van der Waals surface area contributed by atoms with E-state index in [1.54, 1.807) is 4.90 Å². The molecule has 13 nitrogen and oxygen atoms in total. The number of hydrogen-bond acceptors (Lipinski definition) is 8. The van der Waals surface area contributed by atoms with Crippen LogP contribution in [0.25, 0.3) is 0 Å². The molecule has 5 amide bonds. The highest BCUT2D eigenvalue weighted by Gasteiger charge is 2.52. The van der Waals surface area contributed by atoms with Crippen molar-refractivity contribution >= 4 is 35.3 Å². The lowest BCUT2D eigenvalue weighted by atomic mass is 9.82. The third-order valence-corrected chi connectivity index (χ3v) is 12.5. The summed E-state index contributed by atoms with van der Waals surface area (Å²) in [6.45, 7) is 9.84. The van der Waals surface area contributed by atoms with Gasteiger partial charge < -0.3 is 26.2 Å². The number of nitrogens with zero attached hydrogens (tertiary/aromatic N) is 3. The average Bonchev–Trinajstić information content (AvgIpc) is 3.77. The van der Waals surface area contributed by atoms with Gasteiger partial charge in [0.25, 0.3) is 11.8 Å². The van der Waals surface area contributed by atoms with Crippen LogP contribution in [0.3, 0.4) is 0 Å². The van der Waals surface area contributed by atoms with Crippen molar-refractivity contribution in [2.24, 2.45) is 29.1 Å².